The fraction of sp³-hybridized carbons (Fsp3) is 0.500. The van der Waals surface area contributed by atoms with Crippen LogP contribution in [0.3, 0.4) is 0 Å². The number of thiazole rings is 1. The standard InChI is InChI=1S/C10H14N4O6S/c11-9-12-7-6(8(18)13-9)21-10(19)14(7)3-20-5(2-16)4(17)1-15/h4-5,15-17H,1-3H2,(H3,11,12,13,18)/t4-,5+/m0/s1. The van der Waals surface area contributed by atoms with E-state index in [0.717, 1.165) is 4.57 Å². The van der Waals surface area contributed by atoms with Crippen molar-refractivity contribution in [2.75, 3.05) is 18.9 Å². The van der Waals surface area contributed by atoms with Crippen LogP contribution in [0.5, 0.6) is 0 Å². The molecule has 0 bridgehead atoms. The number of hydrogen-bond donors (Lipinski definition) is 5. The summed E-state index contributed by atoms with van der Waals surface area (Å²) in [5.41, 5.74) is 4.95. The number of nitrogens with one attached hydrogen (secondary N) is 1. The minimum Gasteiger partial charge on any atom is -0.394 e. The number of nitrogen functional groups attached to an aromatic ring is 1. The lowest BCUT2D eigenvalue weighted by Crippen LogP contribution is -2.36. The number of nitrogens with two attached hydrogens (primary N) is 1. The van der Waals surface area contributed by atoms with E-state index < -0.39 is 35.9 Å². The molecule has 0 saturated heterocycles. The molecule has 6 N–H and O–H groups in total. The Morgan fingerprint density at radius 2 is 2.10 bits per heavy atom. The lowest BCUT2D eigenvalue weighted by Gasteiger charge is -2.19. The Labute approximate surface area is 121 Å². The minimum atomic E-state index is -1.29. The first-order chi connectivity index (χ1) is 9.97. The fourth-order valence-electron chi connectivity index (χ4n) is 1.66. The molecule has 0 radical (unpaired) electrons. The number of aliphatic hydroxyl groups is 3. The predicted octanol–water partition coefficient (Wildman–Crippen LogP) is -2.58. The summed E-state index contributed by atoms with van der Waals surface area (Å²) in [6.45, 7) is -1.50. The Hall–Kier alpha value is -1.79. The summed E-state index contributed by atoms with van der Waals surface area (Å²) < 4.78 is 6.33. The van der Waals surface area contributed by atoms with E-state index in [1.165, 1.54) is 0 Å². The highest BCUT2D eigenvalue weighted by atomic mass is 32.1. The van der Waals surface area contributed by atoms with Crippen LogP contribution >= 0.6 is 11.3 Å². The second-order valence-corrected chi connectivity index (χ2v) is 5.13. The maximum Gasteiger partial charge on any atom is 0.311 e. The van der Waals surface area contributed by atoms with Gasteiger partial charge in [-0.25, -0.2) is 0 Å². The largest absolute Gasteiger partial charge is 0.394 e. The van der Waals surface area contributed by atoms with E-state index in [2.05, 4.69) is 9.97 Å². The van der Waals surface area contributed by atoms with E-state index in [-0.39, 0.29) is 23.0 Å². The van der Waals surface area contributed by atoms with Crippen LogP contribution in [0.2, 0.25) is 0 Å². The van der Waals surface area contributed by atoms with Crippen LogP contribution in [-0.4, -0.2) is 55.3 Å². The molecular weight excluding hydrogens is 304 g/mol. The molecule has 21 heavy (non-hydrogen) atoms. The molecule has 11 heteroatoms. The SMILES string of the molecule is Nc1nc2c(sc(=O)n2CO[C@H](CO)[C@@H](O)CO)c(=O)[nH]1. The monoisotopic (exact) mass is 318 g/mol. The van der Waals surface area contributed by atoms with Gasteiger partial charge in [0.25, 0.3) is 5.56 Å². The number of nitrogens with zero attached hydrogens (tertiary/aromatic N) is 2. The lowest BCUT2D eigenvalue weighted by atomic mass is 10.2. The van der Waals surface area contributed by atoms with Crippen LogP contribution in [-0.2, 0) is 11.5 Å². The molecule has 0 aliphatic rings. The molecule has 0 spiro atoms. The average molecular weight is 318 g/mol. The number of ether oxygens (including phenoxy) is 1. The Balaban J connectivity index is 2.32. The predicted molar refractivity (Wildman–Crippen MR) is 74.0 cm³/mol. The number of fused-ring (bicyclic) bond motifs is 1. The van der Waals surface area contributed by atoms with Gasteiger partial charge in [-0.2, -0.15) is 4.98 Å². The summed E-state index contributed by atoms with van der Waals surface area (Å²) in [6, 6.07) is 0. The van der Waals surface area contributed by atoms with Crippen molar-refractivity contribution in [3.63, 3.8) is 0 Å². The molecule has 116 valence electrons. The molecule has 0 saturated carbocycles. The average Bonchev–Trinajstić information content (AvgIpc) is 2.76. The van der Waals surface area contributed by atoms with Gasteiger partial charge in [0.05, 0.1) is 13.2 Å². The van der Waals surface area contributed by atoms with Gasteiger partial charge in [-0.1, -0.05) is 11.3 Å². The van der Waals surface area contributed by atoms with Crippen molar-refractivity contribution >= 4 is 27.6 Å². The van der Waals surface area contributed by atoms with Crippen LogP contribution in [0.15, 0.2) is 9.59 Å². The van der Waals surface area contributed by atoms with Crippen molar-refractivity contribution in [2.24, 2.45) is 0 Å². The molecule has 0 aliphatic carbocycles. The molecule has 0 amide bonds. The number of aromatic amines is 1. The lowest BCUT2D eigenvalue weighted by molar-refractivity contribution is -0.100. The molecule has 0 aliphatic heterocycles. The summed E-state index contributed by atoms with van der Waals surface area (Å²) >= 11 is 0.679. The number of aliphatic hydroxyl groups excluding tert-OH is 3. The molecule has 0 fully saturated rings. The van der Waals surface area contributed by atoms with Gasteiger partial charge < -0.3 is 25.8 Å². The van der Waals surface area contributed by atoms with E-state index in [4.69, 9.17) is 20.7 Å². The molecule has 10 nitrogen and oxygen atoms in total. The summed E-state index contributed by atoms with van der Waals surface area (Å²) in [4.78, 5) is 29.1. The van der Waals surface area contributed by atoms with Gasteiger partial charge in [-0.05, 0) is 0 Å². The van der Waals surface area contributed by atoms with Crippen molar-refractivity contribution in [1.82, 2.24) is 14.5 Å². The van der Waals surface area contributed by atoms with Crippen molar-refractivity contribution in [1.29, 1.82) is 0 Å². The number of aromatic nitrogens is 3. The first-order valence-corrected chi connectivity index (χ1v) is 6.70. The summed E-state index contributed by atoms with van der Waals surface area (Å²) in [5, 5.41) is 27.3. The highest BCUT2D eigenvalue weighted by molar-refractivity contribution is 7.16. The third-order valence-electron chi connectivity index (χ3n) is 2.76. The Morgan fingerprint density at radius 1 is 1.38 bits per heavy atom. The first kappa shape index (κ1) is 15.6. The highest BCUT2D eigenvalue weighted by Gasteiger charge is 2.20. The number of anilines is 1. The Morgan fingerprint density at radius 3 is 2.71 bits per heavy atom. The van der Waals surface area contributed by atoms with Crippen LogP contribution in [0.4, 0.5) is 5.95 Å². The summed E-state index contributed by atoms with van der Waals surface area (Å²) in [6.07, 6.45) is -2.37. The van der Waals surface area contributed by atoms with E-state index in [9.17, 15) is 14.7 Å². The topological polar surface area (TPSA) is 164 Å². The molecular formula is C10H14N4O6S. The zero-order valence-corrected chi connectivity index (χ0v) is 11.5. The van der Waals surface area contributed by atoms with Crippen molar-refractivity contribution in [3.05, 3.63) is 20.0 Å². The molecule has 2 aromatic rings. The number of hydrogen-bond acceptors (Lipinski definition) is 9. The Kier molecular flexibility index (Phi) is 4.69. The van der Waals surface area contributed by atoms with E-state index in [1.54, 1.807) is 0 Å². The van der Waals surface area contributed by atoms with E-state index in [0.29, 0.717) is 11.3 Å². The summed E-state index contributed by atoms with van der Waals surface area (Å²) in [7, 11) is 0. The zero-order chi connectivity index (χ0) is 15.6. The maximum atomic E-state index is 11.8. The van der Waals surface area contributed by atoms with Crippen molar-refractivity contribution in [3.8, 4) is 0 Å². The van der Waals surface area contributed by atoms with Gasteiger partial charge in [0.15, 0.2) is 5.65 Å². The fourth-order valence-corrected chi connectivity index (χ4v) is 2.47. The first-order valence-electron chi connectivity index (χ1n) is 5.88. The second-order valence-electron chi connectivity index (χ2n) is 4.17. The Bertz CT molecular complexity index is 737. The molecule has 2 rings (SSSR count). The van der Waals surface area contributed by atoms with Crippen LogP contribution in [0.1, 0.15) is 0 Å². The van der Waals surface area contributed by atoms with Crippen molar-refractivity contribution in [2.45, 2.75) is 18.9 Å². The molecule has 2 heterocycles. The van der Waals surface area contributed by atoms with Gasteiger partial charge in [-0.3, -0.25) is 19.1 Å². The van der Waals surface area contributed by atoms with E-state index in [1.807, 2.05) is 0 Å². The van der Waals surface area contributed by atoms with E-state index >= 15 is 0 Å². The number of H-pyrrole nitrogens is 1. The van der Waals surface area contributed by atoms with Crippen LogP contribution in [0.25, 0.3) is 10.3 Å². The third kappa shape index (κ3) is 3.11. The van der Waals surface area contributed by atoms with Gasteiger partial charge >= 0.3 is 4.87 Å². The smallest absolute Gasteiger partial charge is 0.311 e. The van der Waals surface area contributed by atoms with Gasteiger partial charge in [0.2, 0.25) is 5.95 Å². The number of rotatable bonds is 6. The molecule has 0 aromatic carbocycles. The highest BCUT2D eigenvalue weighted by Crippen LogP contribution is 2.11. The quantitative estimate of drug-likeness (QED) is 0.387. The summed E-state index contributed by atoms with van der Waals surface area (Å²) in [5.74, 6) is -0.145. The second kappa shape index (κ2) is 6.32. The normalized spacial score (nSPS) is 14.4. The minimum absolute atomic E-state index is 0.0569. The van der Waals surface area contributed by atoms with Crippen LogP contribution in [0, 0.1) is 0 Å². The molecule has 0 unspecified atom stereocenters. The van der Waals surface area contributed by atoms with Gasteiger partial charge in [-0.15, -0.1) is 0 Å². The van der Waals surface area contributed by atoms with Crippen LogP contribution < -0.4 is 16.2 Å². The molecule has 2 aromatic heterocycles. The third-order valence-corrected chi connectivity index (χ3v) is 3.72. The molecule has 2 atom stereocenters. The van der Waals surface area contributed by atoms with Gasteiger partial charge in [0.1, 0.15) is 23.6 Å². The maximum absolute atomic E-state index is 11.8. The zero-order valence-electron chi connectivity index (χ0n) is 10.7. The van der Waals surface area contributed by atoms with Gasteiger partial charge in [0, 0.05) is 0 Å². The van der Waals surface area contributed by atoms with Crippen molar-refractivity contribution < 1.29 is 20.1 Å².